The summed E-state index contributed by atoms with van der Waals surface area (Å²) in [6.07, 6.45) is 0. The van der Waals surface area contributed by atoms with Gasteiger partial charge in [-0.15, -0.1) is 24.8 Å². The van der Waals surface area contributed by atoms with Crippen molar-refractivity contribution in [1.82, 2.24) is 0 Å². The molecule has 0 heterocycles. The molecule has 96 valence electrons. The van der Waals surface area contributed by atoms with Crippen molar-refractivity contribution < 1.29 is 0 Å². The number of rotatable bonds is 2. The third-order valence-corrected chi connectivity index (χ3v) is 2.46. The second-order valence-electron chi connectivity index (χ2n) is 3.56. The predicted octanol–water partition coefficient (Wildman–Crippen LogP) is 3.27. The minimum atomic E-state index is 0. The lowest BCUT2D eigenvalue weighted by Gasteiger charge is -2.07. The van der Waals surface area contributed by atoms with Crippen LogP contribution in [0, 0.1) is 0 Å². The summed E-state index contributed by atoms with van der Waals surface area (Å²) in [4.78, 5) is 0. The van der Waals surface area contributed by atoms with E-state index in [1.807, 2.05) is 60.7 Å². The highest BCUT2D eigenvalue weighted by molar-refractivity contribution is 5.87. The van der Waals surface area contributed by atoms with Gasteiger partial charge in [0, 0.05) is 0 Å². The van der Waals surface area contributed by atoms with Gasteiger partial charge in [0.25, 0.3) is 0 Å². The highest BCUT2D eigenvalue weighted by Gasteiger charge is 2.03. The molecule has 0 amide bonds. The summed E-state index contributed by atoms with van der Waals surface area (Å²) in [7, 11) is 0. The second kappa shape index (κ2) is 7.64. The molecule has 0 aliphatic rings. The first kappa shape index (κ1) is 16.4. The Kier molecular flexibility index (Phi) is 6.94. The number of nitrogens with two attached hydrogens (primary N) is 2. The lowest BCUT2D eigenvalue weighted by Crippen LogP contribution is -2.07. The quantitative estimate of drug-likeness (QED) is 0.831. The van der Waals surface area contributed by atoms with E-state index in [0.29, 0.717) is 11.4 Å². The largest absolute Gasteiger partial charge is 0.397 e. The molecule has 0 aromatic heterocycles. The zero-order valence-electron chi connectivity index (χ0n) is 9.74. The van der Waals surface area contributed by atoms with Crippen LogP contribution in [0.15, 0.2) is 60.7 Å². The van der Waals surface area contributed by atoms with Gasteiger partial charge in [0.15, 0.2) is 0 Å². The monoisotopic (exact) mass is 282 g/mol. The molecule has 0 spiro atoms. The summed E-state index contributed by atoms with van der Waals surface area (Å²) in [5.41, 5.74) is 15.2. The van der Waals surface area contributed by atoms with E-state index in [1.54, 1.807) is 0 Å². The molecule has 4 heteroatoms. The van der Waals surface area contributed by atoms with E-state index in [9.17, 15) is 0 Å². The first-order valence-corrected chi connectivity index (χ1v) is 5.15. The topological polar surface area (TPSA) is 52.0 Å². The Balaban J connectivity index is 0.00000144. The summed E-state index contributed by atoms with van der Waals surface area (Å²) >= 11 is 0. The van der Waals surface area contributed by atoms with E-state index in [-0.39, 0.29) is 24.8 Å². The third kappa shape index (κ3) is 3.69. The lowest BCUT2D eigenvalue weighted by molar-refractivity contribution is 1.45. The molecule has 0 aliphatic carbocycles. The van der Waals surface area contributed by atoms with E-state index in [0.717, 1.165) is 11.1 Å². The maximum atomic E-state index is 6.03. The molecule has 2 aromatic rings. The zero-order chi connectivity index (χ0) is 11.4. The van der Waals surface area contributed by atoms with Gasteiger partial charge in [-0.3, -0.25) is 0 Å². The van der Waals surface area contributed by atoms with E-state index in [2.05, 4.69) is 0 Å². The maximum Gasteiger partial charge on any atom is 0.0627 e. The van der Waals surface area contributed by atoms with Crippen molar-refractivity contribution in [2.24, 2.45) is 11.5 Å². The van der Waals surface area contributed by atoms with Crippen LogP contribution in [0.1, 0.15) is 11.1 Å². The van der Waals surface area contributed by atoms with Crippen LogP contribution in [0.2, 0.25) is 0 Å². The minimum absolute atomic E-state index is 0. The van der Waals surface area contributed by atoms with Gasteiger partial charge in [-0.25, -0.2) is 0 Å². The van der Waals surface area contributed by atoms with Gasteiger partial charge >= 0.3 is 0 Å². The molecular weight excluding hydrogens is 267 g/mol. The number of hydrogen-bond donors (Lipinski definition) is 2. The fourth-order valence-corrected chi connectivity index (χ4v) is 1.55. The van der Waals surface area contributed by atoms with E-state index in [4.69, 9.17) is 11.5 Å². The average molecular weight is 283 g/mol. The zero-order valence-corrected chi connectivity index (χ0v) is 11.4. The van der Waals surface area contributed by atoms with Crippen LogP contribution in [-0.2, 0) is 0 Å². The Morgan fingerprint density at radius 2 is 0.833 bits per heavy atom. The molecule has 2 nitrogen and oxygen atoms in total. The first-order valence-electron chi connectivity index (χ1n) is 5.15. The molecular formula is C14H16Cl2N2. The molecule has 0 atom stereocenters. The second-order valence-corrected chi connectivity index (χ2v) is 3.56. The van der Waals surface area contributed by atoms with Crippen LogP contribution in [-0.4, -0.2) is 0 Å². The number of benzene rings is 2. The lowest BCUT2D eigenvalue weighted by atomic mass is 10.1. The molecule has 0 bridgehead atoms. The summed E-state index contributed by atoms with van der Waals surface area (Å²) < 4.78 is 0. The molecule has 0 aliphatic heterocycles. The van der Waals surface area contributed by atoms with Crippen LogP contribution in [0.5, 0.6) is 0 Å². The van der Waals surface area contributed by atoms with E-state index in [1.165, 1.54) is 0 Å². The Morgan fingerprint density at radius 1 is 0.556 bits per heavy atom. The Hall–Kier alpha value is -1.64. The molecule has 0 unspecified atom stereocenters. The van der Waals surface area contributed by atoms with Crippen LogP contribution in [0.4, 0.5) is 0 Å². The molecule has 0 saturated carbocycles. The average Bonchev–Trinajstić information content (AvgIpc) is 2.39. The smallest absolute Gasteiger partial charge is 0.0627 e. The normalized spacial score (nSPS) is 10.7. The fourth-order valence-electron chi connectivity index (χ4n) is 1.55. The highest BCUT2D eigenvalue weighted by atomic mass is 35.5. The third-order valence-electron chi connectivity index (χ3n) is 2.46. The molecule has 4 N–H and O–H groups in total. The van der Waals surface area contributed by atoms with Gasteiger partial charge in [-0.2, -0.15) is 0 Å². The van der Waals surface area contributed by atoms with Gasteiger partial charge in [-0.1, -0.05) is 60.7 Å². The van der Waals surface area contributed by atoms with Crippen molar-refractivity contribution >= 4 is 36.2 Å². The Morgan fingerprint density at radius 3 is 1.11 bits per heavy atom. The Labute approximate surface area is 120 Å². The summed E-state index contributed by atoms with van der Waals surface area (Å²) in [5.74, 6) is 0. The first-order chi connectivity index (χ1) is 7.79. The van der Waals surface area contributed by atoms with Crippen LogP contribution in [0.25, 0.3) is 11.4 Å². The molecule has 0 radical (unpaired) electrons. The minimum Gasteiger partial charge on any atom is -0.397 e. The fraction of sp³-hybridized carbons (Fsp3) is 0. The standard InChI is InChI=1S/C14H14N2.2ClH/c15-13(11-7-3-1-4-8-11)14(16)12-9-5-2-6-10-12;;/h1-10H,15-16H2;2*1H/b14-13+;;. The van der Waals surface area contributed by atoms with Gasteiger partial charge in [0.2, 0.25) is 0 Å². The van der Waals surface area contributed by atoms with Crippen molar-refractivity contribution in [3.8, 4) is 0 Å². The Bertz CT molecular complexity index is 448. The van der Waals surface area contributed by atoms with Gasteiger partial charge in [0.05, 0.1) is 11.4 Å². The molecule has 2 rings (SSSR count). The van der Waals surface area contributed by atoms with E-state index >= 15 is 0 Å². The predicted molar refractivity (Wildman–Crippen MR) is 82.6 cm³/mol. The highest BCUT2D eigenvalue weighted by Crippen LogP contribution is 2.17. The van der Waals surface area contributed by atoms with Gasteiger partial charge in [0.1, 0.15) is 0 Å². The van der Waals surface area contributed by atoms with Crippen molar-refractivity contribution in [3.05, 3.63) is 71.8 Å². The number of hydrogen-bond acceptors (Lipinski definition) is 2. The summed E-state index contributed by atoms with van der Waals surface area (Å²) in [6, 6.07) is 19.5. The van der Waals surface area contributed by atoms with Gasteiger partial charge in [-0.05, 0) is 11.1 Å². The number of halogens is 2. The van der Waals surface area contributed by atoms with E-state index < -0.39 is 0 Å². The SMILES string of the molecule is Cl.Cl.N/C(=C(/N)c1ccccc1)c1ccccc1. The molecule has 0 saturated heterocycles. The van der Waals surface area contributed by atoms with Crippen LogP contribution in [0.3, 0.4) is 0 Å². The van der Waals surface area contributed by atoms with Crippen LogP contribution >= 0.6 is 24.8 Å². The van der Waals surface area contributed by atoms with Crippen molar-refractivity contribution in [1.29, 1.82) is 0 Å². The summed E-state index contributed by atoms with van der Waals surface area (Å²) in [6.45, 7) is 0. The summed E-state index contributed by atoms with van der Waals surface area (Å²) in [5, 5.41) is 0. The molecule has 2 aromatic carbocycles. The molecule has 0 fully saturated rings. The van der Waals surface area contributed by atoms with Gasteiger partial charge < -0.3 is 11.5 Å². The van der Waals surface area contributed by atoms with Crippen molar-refractivity contribution in [2.75, 3.05) is 0 Å². The van der Waals surface area contributed by atoms with Crippen molar-refractivity contribution in [3.63, 3.8) is 0 Å². The maximum absolute atomic E-state index is 6.03. The van der Waals surface area contributed by atoms with Crippen molar-refractivity contribution in [2.45, 2.75) is 0 Å². The molecule has 18 heavy (non-hydrogen) atoms. The van der Waals surface area contributed by atoms with Crippen LogP contribution < -0.4 is 11.5 Å².